The second kappa shape index (κ2) is 2.69. The van der Waals surface area contributed by atoms with Crippen LogP contribution in [0.15, 0.2) is 0 Å². The van der Waals surface area contributed by atoms with Gasteiger partial charge in [0, 0.05) is 19.9 Å². The molecular formula is C6H8N2O3. The van der Waals surface area contributed by atoms with Gasteiger partial charge >= 0.3 is 6.03 Å². The number of amides is 4. The van der Waals surface area contributed by atoms with Gasteiger partial charge in [-0.15, -0.1) is 0 Å². The summed E-state index contributed by atoms with van der Waals surface area (Å²) in [7, 11) is 0. The standard InChI is InChI=1S/C6H8N2O3/c1-4(9)8-3-2-5(10)7-6(8)11/h2-3H2,1H3,(H,7,10,11). The molecule has 1 N–H and O–H groups in total. The summed E-state index contributed by atoms with van der Waals surface area (Å²) in [5, 5.41) is 2.04. The fourth-order valence-electron chi connectivity index (χ4n) is 0.865. The first-order valence-corrected chi connectivity index (χ1v) is 3.23. The van der Waals surface area contributed by atoms with Gasteiger partial charge in [-0.3, -0.25) is 19.8 Å². The fraction of sp³-hybridized carbons (Fsp3) is 0.500. The Labute approximate surface area is 63.4 Å². The number of imide groups is 2. The first-order valence-electron chi connectivity index (χ1n) is 3.23. The lowest BCUT2D eigenvalue weighted by molar-refractivity contribution is -0.129. The largest absolute Gasteiger partial charge is 0.330 e. The van der Waals surface area contributed by atoms with Crippen LogP contribution in [-0.4, -0.2) is 29.3 Å². The molecule has 0 aromatic heterocycles. The van der Waals surface area contributed by atoms with Crippen molar-refractivity contribution in [3.8, 4) is 0 Å². The zero-order chi connectivity index (χ0) is 8.43. The van der Waals surface area contributed by atoms with E-state index >= 15 is 0 Å². The van der Waals surface area contributed by atoms with E-state index in [0.717, 1.165) is 4.90 Å². The number of urea groups is 1. The van der Waals surface area contributed by atoms with Crippen LogP contribution in [0, 0.1) is 0 Å². The van der Waals surface area contributed by atoms with Crippen LogP contribution >= 0.6 is 0 Å². The van der Waals surface area contributed by atoms with Crippen LogP contribution in [0.4, 0.5) is 4.79 Å². The first kappa shape index (κ1) is 7.71. The lowest BCUT2D eigenvalue weighted by atomic mass is 10.3. The van der Waals surface area contributed by atoms with Gasteiger partial charge in [0.1, 0.15) is 0 Å². The molecule has 0 unspecified atom stereocenters. The van der Waals surface area contributed by atoms with Crippen molar-refractivity contribution < 1.29 is 14.4 Å². The smallest absolute Gasteiger partial charge is 0.278 e. The topological polar surface area (TPSA) is 66.5 Å². The van der Waals surface area contributed by atoms with Crippen molar-refractivity contribution in [3.05, 3.63) is 0 Å². The lowest BCUT2D eigenvalue weighted by Crippen LogP contribution is -2.51. The Balaban J connectivity index is 2.65. The Kier molecular flexibility index (Phi) is 1.89. The van der Waals surface area contributed by atoms with Crippen LogP contribution < -0.4 is 5.32 Å². The zero-order valence-electron chi connectivity index (χ0n) is 6.09. The molecule has 1 heterocycles. The van der Waals surface area contributed by atoms with E-state index < -0.39 is 6.03 Å². The maximum absolute atomic E-state index is 10.8. The first-order chi connectivity index (χ1) is 5.11. The summed E-state index contributed by atoms with van der Waals surface area (Å²) in [5.74, 6) is -0.664. The zero-order valence-corrected chi connectivity index (χ0v) is 6.09. The van der Waals surface area contributed by atoms with E-state index in [9.17, 15) is 14.4 Å². The van der Waals surface area contributed by atoms with E-state index in [1.165, 1.54) is 6.92 Å². The van der Waals surface area contributed by atoms with Crippen molar-refractivity contribution in [2.75, 3.05) is 6.54 Å². The highest BCUT2D eigenvalue weighted by Crippen LogP contribution is 1.99. The van der Waals surface area contributed by atoms with E-state index in [-0.39, 0.29) is 24.8 Å². The summed E-state index contributed by atoms with van der Waals surface area (Å²) in [5.41, 5.74) is 0. The second-order valence-electron chi connectivity index (χ2n) is 2.27. The van der Waals surface area contributed by atoms with Crippen molar-refractivity contribution in [3.63, 3.8) is 0 Å². The molecule has 0 aromatic rings. The third-order valence-corrected chi connectivity index (χ3v) is 1.43. The molecule has 0 aromatic carbocycles. The molecular weight excluding hydrogens is 148 g/mol. The van der Waals surface area contributed by atoms with E-state index in [1.807, 2.05) is 5.32 Å². The lowest BCUT2D eigenvalue weighted by Gasteiger charge is -2.22. The van der Waals surface area contributed by atoms with Crippen molar-refractivity contribution in [1.29, 1.82) is 0 Å². The van der Waals surface area contributed by atoms with Crippen LogP contribution in [0.5, 0.6) is 0 Å². The number of carbonyl (C=O) groups excluding carboxylic acids is 3. The summed E-state index contributed by atoms with van der Waals surface area (Å²) in [4.78, 5) is 33.1. The third kappa shape index (κ3) is 1.54. The quantitative estimate of drug-likeness (QED) is 0.513. The number of rotatable bonds is 0. The van der Waals surface area contributed by atoms with Crippen molar-refractivity contribution >= 4 is 17.8 Å². The second-order valence-corrected chi connectivity index (χ2v) is 2.27. The highest BCUT2D eigenvalue weighted by Gasteiger charge is 2.25. The number of hydrogen-bond acceptors (Lipinski definition) is 3. The predicted molar refractivity (Wildman–Crippen MR) is 35.5 cm³/mol. The van der Waals surface area contributed by atoms with Gasteiger partial charge in [-0.05, 0) is 0 Å². The normalized spacial score (nSPS) is 18.1. The molecule has 5 nitrogen and oxygen atoms in total. The van der Waals surface area contributed by atoms with Gasteiger partial charge in [0.25, 0.3) is 0 Å². The highest BCUT2D eigenvalue weighted by atomic mass is 16.2. The molecule has 11 heavy (non-hydrogen) atoms. The summed E-state index contributed by atoms with van der Waals surface area (Å²) in [6, 6.07) is -0.617. The molecule has 1 saturated heterocycles. The summed E-state index contributed by atoms with van der Waals surface area (Å²) < 4.78 is 0. The molecule has 0 spiro atoms. The van der Waals surface area contributed by atoms with E-state index in [0.29, 0.717) is 0 Å². The van der Waals surface area contributed by atoms with E-state index in [4.69, 9.17) is 0 Å². The Morgan fingerprint density at radius 3 is 2.64 bits per heavy atom. The maximum atomic E-state index is 10.8. The molecule has 0 bridgehead atoms. The van der Waals surface area contributed by atoms with Crippen LogP contribution in [0.3, 0.4) is 0 Å². The average Bonchev–Trinajstić information content (AvgIpc) is 1.85. The van der Waals surface area contributed by atoms with Gasteiger partial charge in [-0.1, -0.05) is 0 Å². The van der Waals surface area contributed by atoms with E-state index in [1.54, 1.807) is 0 Å². The number of nitrogens with zero attached hydrogens (tertiary/aromatic N) is 1. The summed E-state index contributed by atoms with van der Waals surface area (Å²) in [6.07, 6.45) is 0.200. The Bertz CT molecular complexity index is 224. The number of carbonyl (C=O) groups is 3. The maximum Gasteiger partial charge on any atom is 0.330 e. The van der Waals surface area contributed by atoms with Crippen molar-refractivity contribution in [2.24, 2.45) is 0 Å². The minimum Gasteiger partial charge on any atom is -0.278 e. The monoisotopic (exact) mass is 156 g/mol. The minimum absolute atomic E-state index is 0.194. The Morgan fingerprint density at radius 2 is 2.18 bits per heavy atom. The van der Waals surface area contributed by atoms with Gasteiger partial charge in [0.2, 0.25) is 11.8 Å². The molecule has 1 rings (SSSR count). The molecule has 1 fully saturated rings. The predicted octanol–water partition coefficient (Wildman–Crippen LogP) is -0.525. The average molecular weight is 156 g/mol. The van der Waals surface area contributed by atoms with Gasteiger partial charge in [0.05, 0.1) is 0 Å². The van der Waals surface area contributed by atoms with Crippen LogP contribution in [0.1, 0.15) is 13.3 Å². The molecule has 0 saturated carbocycles. The molecule has 0 atom stereocenters. The molecule has 0 aliphatic carbocycles. The Morgan fingerprint density at radius 1 is 1.55 bits per heavy atom. The summed E-state index contributed by atoms with van der Waals surface area (Å²) >= 11 is 0. The Hall–Kier alpha value is -1.39. The van der Waals surface area contributed by atoms with Crippen LogP contribution in [0.2, 0.25) is 0 Å². The fourth-order valence-corrected chi connectivity index (χ4v) is 0.865. The number of hydrogen-bond donors (Lipinski definition) is 1. The van der Waals surface area contributed by atoms with Gasteiger partial charge in [-0.25, -0.2) is 4.79 Å². The van der Waals surface area contributed by atoms with Crippen molar-refractivity contribution in [1.82, 2.24) is 10.2 Å². The van der Waals surface area contributed by atoms with Gasteiger partial charge in [-0.2, -0.15) is 0 Å². The van der Waals surface area contributed by atoms with Crippen LogP contribution in [-0.2, 0) is 9.59 Å². The van der Waals surface area contributed by atoms with Crippen LogP contribution in [0.25, 0.3) is 0 Å². The molecule has 1 aliphatic rings. The molecule has 4 amide bonds. The summed E-state index contributed by atoms with van der Waals surface area (Å²) in [6.45, 7) is 1.48. The third-order valence-electron chi connectivity index (χ3n) is 1.43. The van der Waals surface area contributed by atoms with Gasteiger partial charge in [0.15, 0.2) is 0 Å². The molecule has 60 valence electrons. The minimum atomic E-state index is -0.617. The van der Waals surface area contributed by atoms with Crippen molar-refractivity contribution in [2.45, 2.75) is 13.3 Å². The molecule has 1 aliphatic heterocycles. The molecule has 5 heteroatoms. The number of nitrogens with one attached hydrogen (secondary N) is 1. The highest BCUT2D eigenvalue weighted by molar-refractivity contribution is 6.03. The van der Waals surface area contributed by atoms with E-state index in [2.05, 4.69) is 0 Å². The SMILES string of the molecule is CC(=O)N1CCC(=O)NC1=O. The molecule has 0 radical (unpaired) electrons. The van der Waals surface area contributed by atoms with Gasteiger partial charge < -0.3 is 0 Å².